The lowest BCUT2D eigenvalue weighted by molar-refractivity contribution is 0.0688. The summed E-state index contributed by atoms with van der Waals surface area (Å²) in [5.74, 6) is -1.08. The Morgan fingerprint density at radius 3 is 2.67 bits per heavy atom. The van der Waals surface area contributed by atoms with Gasteiger partial charge < -0.3 is 10.2 Å². The third-order valence-electron chi connectivity index (χ3n) is 2.41. The molecule has 0 amide bonds. The zero-order valence-electron chi connectivity index (χ0n) is 9.52. The molecule has 0 radical (unpaired) electrons. The van der Waals surface area contributed by atoms with E-state index in [4.69, 9.17) is 10.2 Å². The Bertz CT molecular complexity index is 538. The molecule has 0 aliphatic heterocycles. The van der Waals surface area contributed by atoms with Crippen LogP contribution in [0.2, 0.25) is 0 Å². The fraction of sp³-hybridized carbons (Fsp3) is 0.273. The standard InChI is InChI=1S/C11H12N4O3/c16-3-1-2-8-6-15(14-10(8)11(17)18)9-4-12-7-13-5-9/h4-7,16H,1-3H2,(H,17,18). The van der Waals surface area contributed by atoms with Crippen molar-refractivity contribution in [3.8, 4) is 5.69 Å². The summed E-state index contributed by atoms with van der Waals surface area (Å²) < 4.78 is 1.43. The molecular formula is C11H12N4O3. The van der Waals surface area contributed by atoms with E-state index in [-0.39, 0.29) is 12.3 Å². The summed E-state index contributed by atoms with van der Waals surface area (Å²) in [6.45, 7) is 0.0126. The lowest BCUT2D eigenvalue weighted by Gasteiger charge is -1.97. The number of aromatic carboxylic acids is 1. The largest absolute Gasteiger partial charge is 0.476 e. The van der Waals surface area contributed by atoms with Crippen molar-refractivity contribution in [2.75, 3.05) is 6.61 Å². The van der Waals surface area contributed by atoms with Crippen molar-refractivity contribution >= 4 is 5.97 Å². The number of carboxylic acids is 1. The molecule has 0 atom stereocenters. The van der Waals surface area contributed by atoms with Crippen LogP contribution in [-0.2, 0) is 6.42 Å². The maximum atomic E-state index is 11.1. The molecule has 0 aliphatic carbocycles. The van der Waals surface area contributed by atoms with Gasteiger partial charge in [0.25, 0.3) is 0 Å². The van der Waals surface area contributed by atoms with Crippen molar-refractivity contribution in [3.63, 3.8) is 0 Å². The molecule has 0 saturated carbocycles. The van der Waals surface area contributed by atoms with Gasteiger partial charge in [-0.15, -0.1) is 0 Å². The number of hydrogen-bond donors (Lipinski definition) is 2. The van der Waals surface area contributed by atoms with Crippen molar-refractivity contribution in [1.82, 2.24) is 19.7 Å². The molecule has 2 aromatic heterocycles. The minimum Gasteiger partial charge on any atom is -0.476 e. The van der Waals surface area contributed by atoms with Gasteiger partial charge in [0.2, 0.25) is 0 Å². The third kappa shape index (κ3) is 2.51. The monoisotopic (exact) mass is 248 g/mol. The summed E-state index contributed by atoms with van der Waals surface area (Å²) in [4.78, 5) is 18.8. The van der Waals surface area contributed by atoms with Gasteiger partial charge in [0.1, 0.15) is 12.0 Å². The molecule has 0 unspecified atom stereocenters. The van der Waals surface area contributed by atoms with E-state index in [1.165, 1.54) is 11.0 Å². The van der Waals surface area contributed by atoms with Crippen LogP contribution in [0, 0.1) is 0 Å². The van der Waals surface area contributed by atoms with Crippen LogP contribution in [0.25, 0.3) is 5.69 Å². The molecule has 18 heavy (non-hydrogen) atoms. The number of carbonyl (C=O) groups is 1. The molecule has 0 aliphatic rings. The van der Waals surface area contributed by atoms with Gasteiger partial charge in [0.15, 0.2) is 5.69 Å². The maximum absolute atomic E-state index is 11.1. The second-order valence-corrected chi connectivity index (χ2v) is 3.68. The molecule has 0 aromatic carbocycles. The summed E-state index contributed by atoms with van der Waals surface area (Å²) in [5, 5.41) is 21.8. The quantitative estimate of drug-likeness (QED) is 0.788. The normalized spacial score (nSPS) is 10.5. The molecular weight excluding hydrogens is 236 g/mol. The third-order valence-corrected chi connectivity index (χ3v) is 2.41. The van der Waals surface area contributed by atoms with Crippen LogP contribution in [0.5, 0.6) is 0 Å². The topological polar surface area (TPSA) is 101 Å². The molecule has 2 aromatic rings. The van der Waals surface area contributed by atoms with Crippen LogP contribution in [0.3, 0.4) is 0 Å². The fourth-order valence-electron chi connectivity index (χ4n) is 1.58. The van der Waals surface area contributed by atoms with Gasteiger partial charge in [-0.3, -0.25) is 0 Å². The first kappa shape index (κ1) is 12.2. The number of nitrogens with zero attached hydrogens (tertiary/aromatic N) is 4. The van der Waals surface area contributed by atoms with E-state index in [9.17, 15) is 4.79 Å². The van der Waals surface area contributed by atoms with Gasteiger partial charge in [0, 0.05) is 18.4 Å². The predicted molar refractivity (Wildman–Crippen MR) is 61.5 cm³/mol. The Labute approximate surface area is 103 Å². The molecule has 2 heterocycles. The van der Waals surface area contributed by atoms with E-state index in [2.05, 4.69) is 15.1 Å². The van der Waals surface area contributed by atoms with E-state index in [0.29, 0.717) is 24.1 Å². The van der Waals surface area contributed by atoms with Crippen LogP contribution in [0.15, 0.2) is 24.9 Å². The number of carboxylic acid groups (broad SMARTS) is 1. The van der Waals surface area contributed by atoms with Crippen molar-refractivity contribution in [3.05, 3.63) is 36.2 Å². The van der Waals surface area contributed by atoms with Crippen molar-refractivity contribution in [2.24, 2.45) is 0 Å². The molecule has 0 bridgehead atoms. The average Bonchev–Trinajstić information content (AvgIpc) is 2.81. The van der Waals surface area contributed by atoms with Gasteiger partial charge in [0.05, 0.1) is 12.4 Å². The number of aryl methyl sites for hydroxylation is 1. The van der Waals surface area contributed by atoms with E-state index >= 15 is 0 Å². The van der Waals surface area contributed by atoms with Gasteiger partial charge in [-0.2, -0.15) is 5.10 Å². The molecule has 7 heteroatoms. The van der Waals surface area contributed by atoms with Crippen LogP contribution in [-0.4, -0.2) is 42.5 Å². The number of aliphatic hydroxyl groups is 1. The maximum Gasteiger partial charge on any atom is 0.356 e. The van der Waals surface area contributed by atoms with Gasteiger partial charge in [-0.05, 0) is 12.8 Å². The summed E-state index contributed by atoms with van der Waals surface area (Å²) in [6.07, 6.45) is 7.06. The zero-order valence-corrected chi connectivity index (χ0v) is 9.52. The number of aliphatic hydroxyl groups excluding tert-OH is 1. The lowest BCUT2D eigenvalue weighted by Crippen LogP contribution is -2.03. The first-order valence-electron chi connectivity index (χ1n) is 5.40. The smallest absolute Gasteiger partial charge is 0.356 e. The van der Waals surface area contributed by atoms with Gasteiger partial charge >= 0.3 is 5.97 Å². The molecule has 2 rings (SSSR count). The number of hydrogen-bond acceptors (Lipinski definition) is 5. The average molecular weight is 248 g/mol. The lowest BCUT2D eigenvalue weighted by atomic mass is 10.1. The van der Waals surface area contributed by atoms with Crippen LogP contribution in [0.1, 0.15) is 22.5 Å². The fourth-order valence-corrected chi connectivity index (χ4v) is 1.58. The van der Waals surface area contributed by atoms with Gasteiger partial charge in [-0.1, -0.05) is 0 Å². The Balaban J connectivity index is 2.36. The second-order valence-electron chi connectivity index (χ2n) is 3.68. The highest BCUT2D eigenvalue weighted by molar-refractivity contribution is 5.87. The number of rotatable bonds is 5. The molecule has 0 fully saturated rings. The second kappa shape index (κ2) is 5.37. The minimum atomic E-state index is -1.08. The summed E-state index contributed by atoms with van der Waals surface area (Å²) >= 11 is 0. The first-order valence-corrected chi connectivity index (χ1v) is 5.40. The van der Waals surface area contributed by atoms with Crippen LogP contribution < -0.4 is 0 Å². The Morgan fingerprint density at radius 1 is 1.33 bits per heavy atom. The van der Waals surface area contributed by atoms with Crippen molar-refractivity contribution in [2.45, 2.75) is 12.8 Å². The van der Waals surface area contributed by atoms with E-state index in [1.54, 1.807) is 18.6 Å². The highest BCUT2D eigenvalue weighted by Crippen LogP contribution is 2.13. The highest BCUT2D eigenvalue weighted by atomic mass is 16.4. The molecule has 0 saturated heterocycles. The molecule has 94 valence electrons. The Hall–Kier alpha value is -2.28. The summed E-state index contributed by atoms with van der Waals surface area (Å²) in [6, 6.07) is 0. The highest BCUT2D eigenvalue weighted by Gasteiger charge is 2.16. The van der Waals surface area contributed by atoms with Gasteiger partial charge in [-0.25, -0.2) is 19.4 Å². The van der Waals surface area contributed by atoms with Crippen molar-refractivity contribution < 1.29 is 15.0 Å². The van der Waals surface area contributed by atoms with Crippen LogP contribution >= 0.6 is 0 Å². The Kier molecular flexibility index (Phi) is 3.63. The molecule has 7 nitrogen and oxygen atoms in total. The van der Waals surface area contributed by atoms with Crippen molar-refractivity contribution in [1.29, 1.82) is 0 Å². The molecule has 2 N–H and O–H groups in total. The van der Waals surface area contributed by atoms with E-state index in [1.807, 2.05) is 0 Å². The first-order chi connectivity index (χ1) is 8.72. The van der Waals surface area contributed by atoms with E-state index < -0.39 is 5.97 Å². The Morgan fingerprint density at radius 2 is 2.06 bits per heavy atom. The predicted octanol–water partition coefficient (Wildman–Crippen LogP) is 0.285. The SMILES string of the molecule is O=C(O)c1nn(-c2cncnc2)cc1CCCO. The summed E-state index contributed by atoms with van der Waals surface area (Å²) in [5.41, 5.74) is 1.17. The zero-order chi connectivity index (χ0) is 13.0. The number of aromatic nitrogens is 4. The van der Waals surface area contributed by atoms with E-state index in [0.717, 1.165) is 0 Å². The summed E-state index contributed by atoms with van der Waals surface area (Å²) in [7, 11) is 0. The molecule has 0 spiro atoms. The van der Waals surface area contributed by atoms with Crippen LogP contribution in [0.4, 0.5) is 0 Å². The minimum absolute atomic E-state index is 0.00713.